The number of hydrogen-bond donors (Lipinski definition) is 1. The Bertz CT molecular complexity index is 1260. The van der Waals surface area contributed by atoms with Crippen LogP contribution in [-0.2, 0) is 17.6 Å². The van der Waals surface area contributed by atoms with E-state index in [4.69, 9.17) is 4.74 Å². The molecule has 154 valence electrons. The molecule has 4 heterocycles. The van der Waals surface area contributed by atoms with Crippen molar-refractivity contribution in [1.82, 2.24) is 24.5 Å². The molecule has 30 heavy (non-hydrogen) atoms. The molecule has 4 aromatic rings. The number of fused-ring (bicyclic) bond motifs is 4. The number of pyridine rings is 1. The Balaban J connectivity index is 1.55. The monoisotopic (exact) mass is 422 g/mol. The number of nitrogens with one attached hydrogen (secondary N) is 1. The van der Waals surface area contributed by atoms with E-state index in [2.05, 4.69) is 20.4 Å². The van der Waals surface area contributed by atoms with Crippen LogP contribution in [0.25, 0.3) is 15.7 Å². The average Bonchev–Trinajstić information content (AvgIpc) is 3.37. The van der Waals surface area contributed by atoms with Crippen molar-refractivity contribution in [2.45, 2.75) is 19.3 Å². The molecule has 0 unspecified atom stereocenters. The topological polar surface area (TPSA) is 84.6 Å². The van der Waals surface area contributed by atoms with Gasteiger partial charge in [-0.15, -0.1) is 11.3 Å². The third-order valence-corrected chi connectivity index (χ3v) is 6.78. The summed E-state index contributed by atoms with van der Waals surface area (Å²) in [5, 5.41) is 8.76. The number of rotatable bonds is 4. The summed E-state index contributed by atoms with van der Waals surface area (Å²) in [6.45, 7) is 0. The number of methoxy groups -OCH3 is 1. The lowest BCUT2D eigenvalue weighted by molar-refractivity contribution is -0.133. The molecule has 1 aliphatic rings. The van der Waals surface area contributed by atoms with Crippen LogP contribution in [-0.4, -0.2) is 51.6 Å². The van der Waals surface area contributed by atoms with Crippen LogP contribution in [0.3, 0.4) is 0 Å². The van der Waals surface area contributed by atoms with Gasteiger partial charge in [-0.3, -0.25) is 4.79 Å². The Morgan fingerprint density at radius 3 is 3.00 bits per heavy atom. The Labute approximate surface area is 177 Å². The van der Waals surface area contributed by atoms with Gasteiger partial charge in [0.25, 0.3) is 0 Å². The van der Waals surface area contributed by atoms with Crippen LogP contribution in [0.5, 0.6) is 5.75 Å². The first kappa shape index (κ1) is 18.8. The van der Waals surface area contributed by atoms with Crippen LogP contribution in [0, 0.1) is 5.92 Å². The van der Waals surface area contributed by atoms with E-state index >= 15 is 0 Å². The molecule has 1 atom stereocenters. The van der Waals surface area contributed by atoms with Gasteiger partial charge in [0.15, 0.2) is 5.75 Å². The van der Waals surface area contributed by atoms with E-state index in [0.717, 1.165) is 46.5 Å². The second kappa shape index (κ2) is 7.24. The Kier molecular flexibility index (Phi) is 4.54. The summed E-state index contributed by atoms with van der Waals surface area (Å²) in [6, 6.07) is 3.84. The lowest BCUT2D eigenvalue weighted by Crippen LogP contribution is -2.32. The minimum absolute atomic E-state index is 0.0364. The highest BCUT2D eigenvalue weighted by Crippen LogP contribution is 2.41. The molecule has 1 amide bonds. The summed E-state index contributed by atoms with van der Waals surface area (Å²) in [7, 11) is 5.29. The molecule has 0 saturated carbocycles. The van der Waals surface area contributed by atoms with Crippen LogP contribution in [0.15, 0.2) is 30.9 Å². The van der Waals surface area contributed by atoms with Crippen molar-refractivity contribution >= 4 is 44.5 Å². The number of nitrogens with zero attached hydrogens (tertiary/aromatic N) is 5. The zero-order chi connectivity index (χ0) is 20.8. The number of amides is 1. The van der Waals surface area contributed by atoms with Crippen LogP contribution < -0.4 is 10.1 Å². The first-order valence-electron chi connectivity index (χ1n) is 9.80. The Hall–Kier alpha value is -3.20. The van der Waals surface area contributed by atoms with Crippen LogP contribution in [0.4, 0.5) is 11.5 Å². The maximum absolute atomic E-state index is 12.5. The summed E-state index contributed by atoms with van der Waals surface area (Å²) >= 11 is 1.66. The SMILES string of the molecule is COc1c(Nc2ncnc3sc4c(c23)CC[C@H](C(=O)N(C)C)C4)ccn2nccc12. The van der Waals surface area contributed by atoms with E-state index in [1.165, 1.54) is 10.4 Å². The Morgan fingerprint density at radius 1 is 1.33 bits per heavy atom. The van der Waals surface area contributed by atoms with Crippen molar-refractivity contribution in [3.63, 3.8) is 0 Å². The van der Waals surface area contributed by atoms with Gasteiger partial charge in [0.1, 0.15) is 22.5 Å². The zero-order valence-electron chi connectivity index (χ0n) is 17.0. The summed E-state index contributed by atoms with van der Waals surface area (Å²) in [5.41, 5.74) is 2.96. The van der Waals surface area contributed by atoms with E-state index in [1.54, 1.807) is 40.4 Å². The predicted molar refractivity (Wildman–Crippen MR) is 117 cm³/mol. The molecule has 0 fully saturated rings. The fraction of sp³-hybridized carbons (Fsp3) is 0.333. The predicted octanol–water partition coefficient (Wildman–Crippen LogP) is 3.28. The summed E-state index contributed by atoms with van der Waals surface area (Å²) in [6.07, 6.45) is 7.66. The van der Waals surface area contributed by atoms with Gasteiger partial charge in [-0.25, -0.2) is 14.5 Å². The molecule has 0 spiro atoms. The molecule has 8 nitrogen and oxygen atoms in total. The lowest BCUT2D eigenvalue weighted by Gasteiger charge is -2.24. The number of aromatic nitrogens is 4. The van der Waals surface area contributed by atoms with E-state index in [1.807, 2.05) is 32.4 Å². The fourth-order valence-corrected chi connectivity index (χ4v) is 5.46. The van der Waals surface area contributed by atoms with Crippen LogP contribution in [0.2, 0.25) is 0 Å². The smallest absolute Gasteiger partial charge is 0.225 e. The summed E-state index contributed by atoms with van der Waals surface area (Å²) in [4.78, 5) is 25.4. The molecule has 1 N–H and O–H groups in total. The number of thiophene rings is 1. The quantitative estimate of drug-likeness (QED) is 0.543. The average molecular weight is 423 g/mol. The van der Waals surface area contributed by atoms with Crippen molar-refractivity contribution in [2.24, 2.45) is 5.92 Å². The van der Waals surface area contributed by atoms with Crippen molar-refractivity contribution in [3.8, 4) is 5.75 Å². The van der Waals surface area contributed by atoms with Crippen LogP contribution >= 0.6 is 11.3 Å². The molecule has 0 bridgehead atoms. The molecule has 9 heteroatoms. The van der Waals surface area contributed by atoms with E-state index < -0.39 is 0 Å². The molecule has 4 aromatic heterocycles. The van der Waals surface area contributed by atoms with E-state index in [-0.39, 0.29) is 11.8 Å². The molecular weight excluding hydrogens is 400 g/mol. The molecule has 0 saturated heterocycles. The summed E-state index contributed by atoms with van der Waals surface area (Å²) in [5.74, 6) is 1.70. The normalized spacial score (nSPS) is 15.9. The standard InChI is InChI=1S/C21H22N6O2S/c1-26(2)21(28)12-4-5-13-16(10-12)30-20-17(13)19(22-11-23-20)25-14-7-9-27-15(6-8-24-27)18(14)29-3/h6-9,11-12H,4-5,10H2,1-3H3,(H,22,23,25)/t12-/m0/s1. The molecule has 0 radical (unpaired) electrons. The van der Waals surface area contributed by atoms with Gasteiger partial charge in [0.05, 0.1) is 24.4 Å². The number of hydrogen-bond acceptors (Lipinski definition) is 7. The van der Waals surface area contributed by atoms with Crippen molar-refractivity contribution in [1.29, 1.82) is 0 Å². The lowest BCUT2D eigenvalue weighted by atomic mass is 9.87. The zero-order valence-corrected chi connectivity index (χ0v) is 17.9. The number of anilines is 2. The molecular formula is C21H22N6O2S. The first-order chi connectivity index (χ1) is 14.6. The van der Waals surface area contributed by atoms with Gasteiger partial charge in [0, 0.05) is 31.1 Å². The van der Waals surface area contributed by atoms with Gasteiger partial charge >= 0.3 is 0 Å². The van der Waals surface area contributed by atoms with Gasteiger partial charge in [-0.1, -0.05) is 0 Å². The second-order valence-electron chi connectivity index (χ2n) is 7.63. The van der Waals surface area contributed by atoms with Crippen molar-refractivity contribution in [3.05, 3.63) is 41.3 Å². The minimum Gasteiger partial charge on any atom is -0.492 e. The van der Waals surface area contributed by atoms with Crippen LogP contribution in [0.1, 0.15) is 16.9 Å². The van der Waals surface area contributed by atoms with Crippen molar-refractivity contribution < 1.29 is 9.53 Å². The number of carbonyl (C=O) groups is 1. The first-order valence-corrected chi connectivity index (χ1v) is 10.6. The number of aryl methyl sites for hydroxylation is 1. The highest BCUT2D eigenvalue weighted by molar-refractivity contribution is 7.19. The molecule has 0 aliphatic heterocycles. The maximum atomic E-state index is 12.5. The van der Waals surface area contributed by atoms with Crippen molar-refractivity contribution in [2.75, 3.05) is 26.5 Å². The third-order valence-electron chi connectivity index (χ3n) is 5.62. The molecule has 1 aliphatic carbocycles. The van der Waals surface area contributed by atoms with Gasteiger partial charge in [-0.05, 0) is 37.0 Å². The van der Waals surface area contributed by atoms with Gasteiger partial charge in [-0.2, -0.15) is 5.10 Å². The highest BCUT2D eigenvalue weighted by Gasteiger charge is 2.30. The minimum atomic E-state index is 0.0364. The molecule has 0 aromatic carbocycles. The third kappa shape index (κ3) is 2.97. The van der Waals surface area contributed by atoms with Gasteiger partial charge < -0.3 is 15.0 Å². The summed E-state index contributed by atoms with van der Waals surface area (Å²) < 4.78 is 7.42. The van der Waals surface area contributed by atoms with E-state index in [0.29, 0.717) is 5.75 Å². The highest BCUT2D eigenvalue weighted by atomic mass is 32.1. The van der Waals surface area contributed by atoms with Gasteiger partial charge in [0.2, 0.25) is 5.91 Å². The number of ether oxygens (including phenoxy) is 1. The number of carbonyl (C=O) groups excluding carboxylic acids is 1. The fourth-order valence-electron chi connectivity index (χ4n) is 4.19. The molecule has 5 rings (SSSR count). The van der Waals surface area contributed by atoms with E-state index in [9.17, 15) is 4.79 Å². The Morgan fingerprint density at radius 2 is 2.20 bits per heavy atom. The maximum Gasteiger partial charge on any atom is 0.225 e. The second-order valence-corrected chi connectivity index (χ2v) is 8.71. The largest absolute Gasteiger partial charge is 0.492 e.